The number of nitrogens with two attached hydrogens (primary N) is 1. The molecule has 0 spiro atoms. The van der Waals surface area contributed by atoms with Crippen molar-refractivity contribution < 1.29 is 73.9 Å². The molecule has 19 nitrogen and oxygen atoms in total. The lowest BCUT2D eigenvalue weighted by Gasteiger charge is -2.31. The van der Waals surface area contributed by atoms with Gasteiger partial charge in [0.1, 0.15) is 19.9 Å². The number of benzene rings is 3. The molecule has 2 heterocycles. The van der Waals surface area contributed by atoms with Crippen LogP contribution in [0.2, 0.25) is 0 Å². The molecule has 0 aromatic heterocycles. The lowest BCUT2D eigenvalue weighted by molar-refractivity contribution is -0.0228. The lowest BCUT2D eigenvalue weighted by Crippen LogP contribution is -2.34. The van der Waals surface area contributed by atoms with Gasteiger partial charge in [-0.2, -0.15) is 0 Å². The average Bonchev–Trinajstić information content (AvgIpc) is 3.67. The summed E-state index contributed by atoms with van der Waals surface area (Å²) in [5.74, 6) is -1.93. The molecule has 4 N–H and O–H groups in total. The van der Waals surface area contributed by atoms with Gasteiger partial charge in [0.05, 0.1) is 123 Å². The zero-order valence-corrected chi connectivity index (χ0v) is 42.6. The number of hydrogen-bond acceptors (Lipinski definition) is 17. The monoisotopic (exact) mass is 1020 g/mol. The van der Waals surface area contributed by atoms with Gasteiger partial charge in [-0.15, -0.1) is 0 Å². The number of fused-ring (bicyclic) bond motifs is 4. The van der Waals surface area contributed by atoms with Crippen molar-refractivity contribution in [2.24, 2.45) is 16.6 Å². The second kappa shape index (κ2) is 24.7. The van der Waals surface area contributed by atoms with E-state index >= 15 is 0 Å². The standard InChI is InChI=1S/C49H69N3O16S2/c1-32-29-36-39(48(32,3)4)30-37-41(34-9-7-8-10-35(34)47(53)54)38-31-40-42(52-33(2)49(40,5)6)46(70(57,58)59)44(38)68-43(37)45(36)69(55,56)51-12-14-61-16-18-63-20-22-65-24-26-67-28-27-66-25-23-64-21-19-62-17-15-60-13-11-50/h7-10,30-33,51H,11-29,50H2,1-6H3,(H,53,54)(H,57,58,59)/p-1. The number of ether oxygens (including phenoxy) is 9. The predicted molar refractivity (Wildman–Crippen MR) is 256 cm³/mol. The van der Waals surface area contributed by atoms with Gasteiger partial charge < -0.3 is 58.0 Å². The molecule has 0 bridgehead atoms. The van der Waals surface area contributed by atoms with Crippen LogP contribution in [0.1, 0.15) is 79.7 Å². The van der Waals surface area contributed by atoms with E-state index in [1.165, 1.54) is 6.07 Å². The van der Waals surface area contributed by atoms with Gasteiger partial charge in [0.15, 0.2) is 11.5 Å². The number of rotatable bonds is 31. The van der Waals surface area contributed by atoms with Crippen LogP contribution in [-0.2, 0) is 75.3 Å². The maximum Gasteiger partial charge on any atom is 0.336 e. The minimum Gasteiger partial charge on any atom is -0.744 e. The summed E-state index contributed by atoms with van der Waals surface area (Å²) in [5.41, 5.74) is 6.25. The predicted octanol–water partition coefficient (Wildman–Crippen LogP) is 2.78. The van der Waals surface area contributed by atoms with Crippen molar-refractivity contribution in [2.45, 2.75) is 74.6 Å². The molecular formula is C49H68N3O16S2-. The highest BCUT2D eigenvalue weighted by Crippen LogP contribution is 2.52. The Kier molecular flexibility index (Phi) is 19.5. The Labute approximate surface area is 410 Å². The molecule has 3 aromatic rings. The zero-order valence-electron chi connectivity index (χ0n) is 41.0. The number of nitrogens with one attached hydrogen (secondary N) is 1. The minimum absolute atomic E-state index is 0.0130. The highest BCUT2D eigenvalue weighted by Gasteiger charge is 2.45. The van der Waals surface area contributed by atoms with Crippen molar-refractivity contribution in [1.29, 1.82) is 0 Å². The molecule has 2 unspecified atom stereocenters. The highest BCUT2D eigenvalue weighted by atomic mass is 32.2. The van der Waals surface area contributed by atoms with Gasteiger partial charge in [0.25, 0.3) is 0 Å². The van der Waals surface area contributed by atoms with Crippen LogP contribution in [0.5, 0.6) is 11.5 Å². The van der Waals surface area contributed by atoms with Gasteiger partial charge in [0, 0.05) is 34.9 Å². The topological polar surface area (TPSA) is 262 Å². The summed E-state index contributed by atoms with van der Waals surface area (Å²) in [6.07, 6.45) is 0.336. The van der Waals surface area contributed by atoms with Crippen LogP contribution in [0.4, 0.5) is 0 Å². The van der Waals surface area contributed by atoms with Crippen LogP contribution in [0.15, 0.2) is 51.2 Å². The molecular weight excluding hydrogens is 951 g/mol. The van der Waals surface area contributed by atoms with Gasteiger partial charge in [-0.05, 0) is 65.1 Å². The molecule has 0 saturated heterocycles. The van der Waals surface area contributed by atoms with E-state index in [0.29, 0.717) is 116 Å². The summed E-state index contributed by atoms with van der Waals surface area (Å²) in [5, 5.41) is 10.5. The van der Waals surface area contributed by atoms with Crippen molar-refractivity contribution in [3.05, 3.63) is 80.4 Å². The van der Waals surface area contributed by atoms with Crippen molar-refractivity contribution >= 4 is 31.7 Å². The molecule has 2 aliphatic heterocycles. The Morgan fingerprint density at radius 1 is 0.714 bits per heavy atom. The number of carboxylic acid groups (broad SMARTS) is 1. The van der Waals surface area contributed by atoms with Crippen LogP contribution in [0.25, 0.3) is 5.57 Å². The third-order valence-electron chi connectivity index (χ3n) is 13.1. The number of nitrogens with zero attached hydrogens (tertiary/aromatic N) is 1. The molecule has 0 amide bonds. The van der Waals surface area contributed by atoms with Crippen LogP contribution < -0.4 is 25.8 Å². The molecule has 2 atom stereocenters. The van der Waals surface area contributed by atoms with Gasteiger partial charge in [0.2, 0.25) is 10.0 Å². The van der Waals surface area contributed by atoms with Crippen molar-refractivity contribution in [3.63, 3.8) is 0 Å². The molecule has 388 valence electrons. The number of sulfonamides is 1. The Morgan fingerprint density at radius 3 is 1.71 bits per heavy atom. The van der Waals surface area contributed by atoms with E-state index in [1.54, 1.807) is 31.2 Å². The van der Waals surface area contributed by atoms with E-state index in [0.717, 1.165) is 0 Å². The van der Waals surface area contributed by atoms with Gasteiger partial charge in [-0.3, -0.25) is 4.99 Å². The van der Waals surface area contributed by atoms with Gasteiger partial charge in [-0.1, -0.05) is 52.8 Å². The first kappa shape index (κ1) is 55.4. The van der Waals surface area contributed by atoms with Crippen LogP contribution in [-0.4, -0.2) is 157 Å². The normalized spacial score (nSPS) is 17.7. The summed E-state index contributed by atoms with van der Waals surface area (Å²) >= 11 is 0. The van der Waals surface area contributed by atoms with Crippen molar-refractivity contribution in [2.75, 3.05) is 119 Å². The number of carboxylic acids is 1. The summed E-state index contributed by atoms with van der Waals surface area (Å²) in [4.78, 5) is 16.5. The third-order valence-corrected chi connectivity index (χ3v) is 15.6. The van der Waals surface area contributed by atoms with Crippen molar-refractivity contribution in [3.8, 4) is 11.5 Å². The van der Waals surface area contributed by atoms with Gasteiger partial charge >= 0.3 is 5.97 Å². The van der Waals surface area contributed by atoms with Crippen LogP contribution >= 0.6 is 0 Å². The van der Waals surface area contributed by atoms with Crippen LogP contribution in [0, 0.1) is 5.92 Å². The molecule has 0 fully saturated rings. The van der Waals surface area contributed by atoms with E-state index in [2.05, 4.69) is 9.71 Å². The summed E-state index contributed by atoms with van der Waals surface area (Å²) in [7, 11) is -9.79. The fraction of sp³-hybridized carbons (Fsp3) is 0.592. The fourth-order valence-electron chi connectivity index (χ4n) is 8.67. The fourth-order valence-corrected chi connectivity index (χ4v) is 10.9. The van der Waals surface area contributed by atoms with E-state index in [9.17, 15) is 31.3 Å². The molecule has 3 aliphatic rings. The maximum absolute atomic E-state index is 14.7. The highest BCUT2D eigenvalue weighted by molar-refractivity contribution is 7.89. The van der Waals surface area contributed by atoms with E-state index in [-0.39, 0.29) is 75.8 Å². The number of aromatic carboxylic acids is 1. The Hall–Kier alpha value is -3.94. The Balaban J connectivity index is 1.06. The Bertz CT molecular complexity index is 2660. The second-order valence-electron chi connectivity index (χ2n) is 18.3. The first-order valence-corrected chi connectivity index (χ1v) is 26.5. The molecule has 3 aromatic carbocycles. The molecule has 0 saturated carbocycles. The zero-order chi connectivity index (χ0) is 50.7. The van der Waals surface area contributed by atoms with E-state index < -0.39 is 53.6 Å². The van der Waals surface area contributed by atoms with Crippen molar-refractivity contribution in [1.82, 2.24) is 4.72 Å². The van der Waals surface area contributed by atoms with Gasteiger partial charge in [-0.25, -0.2) is 26.4 Å². The third kappa shape index (κ3) is 13.0. The molecule has 70 heavy (non-hydrogen) atoms. The lowest BCUT2D eigenvalue weighted by atomic mass is 9.77. The number of carbonyl (C=O) groups is 1. The molecule has 0 radical (unpaired) electrons. The number of hydrogen-bond donors (Lipinski definition) is 3. The molecule has 21 heteroatoms. The first-order chi connectivity index (χ1) is 33.3. The SMILES string of the molecule is CC1Cc2c(cc3c(c2S(=O)(=O)NCCOCCOCCOCCOCCOCCOCCOCCOCCN)Oc2c(S(=O)(=O)[O-])c4c(cc2=C3c2ccccc2C(=O)O)C(C)(C)C(C)N=4)C1(C)C. The van der Waals surface area contributed by atoms with E-state index in [4.69, 9.17) is 48.4 Å². The average molecular weight is 1020 g/mol. The summed E-state index contributed by atoms with van der Waals surface area (Å²) in [6, 6.07) is 9.27. The summed E-state index contributed by atoms with van der Waals surface area (Å²) in [6.45, 7) is 18.0. The smallest absolute Gasteiger partial charge is 0.336 e. The summed E-state index contributed by atoms with van der Waals surface area (Å²) < 4.78 is 123. The van der Waals surface area contributed by atoms with E-state index in [1.807, 2.05) is 40.7 Å². The quantitative estimate of drug-likeness (QED) is 0.0484. The largest absolute Gasteiger partial charge is 0.744 e. The first-order valence-electron chi connectivity index (χ1n) is 23.6. The molecule has 1 aliphatic carbocycles. The van der Waals surface area contributed by atoms with Crippen LogP contribution in [0.3, 0.4) is 0 Å². The maximum atomic E-state index is 14.7. The molecule has 6 rings (SSSR count). The minimum atomic E-state index is -5.32. The second-order valence-corrected chi connectivity index (χ2v) is 21.3. The Morgan fingerprint density at radius 2 is 1.21 bits per heavy atom.